The number of hydrogen-bond acceptors (Lipinski definition) is 5. The minimum absolute atomic E-state index is 0.185. The van der Waals surface area contributed by atoms with Gasteiger partial charge in [0.2, 0.25) is 0 Å². The maximum atomic E-state index is 12.4. The zero-order valence-corrected chi connectivity index (χ0v) is 20.4. The Labute approximate surface area is 210 Å². The number of carbonyl (C=O) groups is 1. The van der Waals surface area contributed by atoms with E-state index in [1.54, 1.807) is 25.3 Å². The van der Waals surface area contributed by atoms with Crippen LogP contribution in [0.25, 0.3) is 21.7 Å². The van der Waals surface area contributed by atoms with Gasteiger partial charge in [-0.2, -0.15) is 5.10 Å². The van der Waals surface area contributed by atoms with Crippen LogP contribution in [0.3, 0.4) is 0 Å². The van der Waals surface area contributed by atoms with Crippen LogP contribution in [-0.2, 0) is 6.61 Å². The molecule has 0 saturated carbocycles. The summed E-state index contributed by atoms with van der Waals surface area (Å²) in [5.41, 5.74) is 4.93. The molecule has 0 unspecified atom stereocenters. The average Bonchev–Trinajstić information content (AvgIpc) is 3.31. The highest BCUT2D eigenvalue weighted by atomic mass is 79.9. The van der Waals surface area contributed by atoms with Crippen molar-refractivity contribution in [1.82, 2.24) is 5.43 Å². The van der Waals surface area contributed by atoms with Crippen molar-refractivity contribution in [2.24, 2.45) is 5.10 Å². The van der Waals surface area contributed by atoms with Crippen molar-refractivity contribution in [3.8, 4) is 11.5 Å². The smallest absolute Gasteiger partial charge is 0.307 e. The quantitative estimate of drug-likeness (QED) is 0.188. The van der Waals surface area contributed by atoms with Gasteiger partial charge < -0.3 is 13.9 Å². The Morgan fingerprint density at radius 3 is 2.66 bits per heavy atom. The van der Waals surface area contributed by atoms with Crippen molar-refractivity contribution in [3.63, 3.8) is 0 Å². The molecule has 4 aromatic carbocycles. The second-order valence-corrected chi connectivity index (χ2v) is 8.79. The van der Waals surface area contributed by atoms with E-state index in [1.807, 2.05) is 36.4 Å². The van der Waals surface area contributed by atoms with Crippen molar-refractivity contribution in [2.75, 3.05) is 7.11 Å². The highest BCUT2D eigenvalue weighted by molar-refractivity contribution is 9.10. The van der Waals surface area contributed by atoms with Crippen LogP contribution in [0, 0.1) is 0 Å². The molecule has 6 nitrogen and oxygen atoms in total. The number of rotatable bonds is 7. The number of carbonyl (C=O) groups excluding carboxylic acids is 1. The lowest BCUT2D eigenvalue weighted by Crippen LogP contribution is -2.16. The molecule has 0 radical (unpaired) electrons. The molecule has 0 aliphatic heterocycles. The van der Waals surface area contributed by atoms with E-state index in [4.69, 9.17) is 13.9 Å². The van der Waals surface area contributed by atoms with Gasteiger partial charge in [-0.15, -0.1) is 0 Å². The van der Waals surface area contributed by atoms with Crippen molar-refractivity contribution in [3.05, 3.63) is 106 Å². The lowest BCUT2D eigenvalue weighted by atomic mass is 10.1. The number of nitrogens with zero attached hydrogens (tertiary/aromatic N) is 1. The molecular formula is C28H21BrN2O4. The van der Waals surface area contributed by atoms with Gasteiger partial charge in [0, 0.05) is 9.86 Å². The van der Waals surface area contributed by atoms with E-state index < -0.39 is 5.91 Å². The second-order valence-electron chi connectivity index (χ2n) is 7.87. The fourth-order valence-corrected chi connectivity index (χ4v) is 4.10. The van der Waals surface area contributed by atoms with Crippen LogP contribution in [0.5, 0.6) is 11.5 Å². The molecule has 0 aliphatic carbocycles. The van der Waals surface area contributed by atoms with Crippen molar-refractivity contribution in [1.29, 1.82) is 0 Å². The summed E-state index contributed by atoms with van der Waals surface area (Å²) in [6.45, 7) is 0.415. The van der Waals surface area contributed by atoms with Gasteiger partial charge in [-0.05, 0) is 70.4 Å². The molecule has 174 valence electrons. The summed E-state index contributed by atoms with van der Waals surface area (Å²) < 4.78 is 18.0. The van der Waals surface area contributed by atoms with Gasteiger partial charge in [-0.1, -0.05) is 52.3 Å². The van der Waals surface area contributed by atoms with E-state index in [-0.39, 0.29) is 5.76 Å². The number of halogens is 1. The Kier molecular flexibility index (Phi) is 6.50. The van der Waals surface area contributed by atoms with E-state index in [9.17, 15) is 4.79 Å². The number of benzene rings is 4. The predicted molar refractivity (Wildman–Crippen MR) is 140 cm³/mol. The standard InChI is InChI=1S/C28H21BrN2O4/c1-33-26-13-18(16-30-31-28(32)27-15-22-14-23(29)9-11-24(22)35-27)7-10-25(26)34-17-19-6-8-20-4-2-3-5-21(20)12-19/h2-16H,17H2,1H3,(H,31,32)/b30-16+. The summed E-state index contributed by atoms with van der Waals surface area (Å²) in [6.07, 6.45) is 1.53. The molecule has 7 heteroatoms. The van der Waals surface area contributed by atoms with E-state index in [2.05, 4.69) is 56.8 Å². The van der Waals surface area contributed by atoms with E-state index >= 15 is 0 Å². The molecular weight excluding hydrogens is 508 g/mol. The molecule has 1 aromatic heterocycles. The molecule has 5 aromatic rings. The summed E-state index contributed by atoms with van der Waals surface area (Å²) in [5, 5.41) is 7.24. The number of fused-ring (bicyclic) bond motifs is 2. The van der Waals surface area contributed by atoms with Crippen molar-refractivity contribution >= 4 is 49.8 Å². The molecule has 1 heterocycles. The van der Waals surface area contributed by atoms with Gasteiger partial charge in [-0.3, -0.25) is 4.79 Å². The second kappa shape index (κ2) is 10.0. The Morgan fingerprint density at radius 1 is 0.943 bits per heavy atom. The van der Waals surface area contributed by atoms with Gasteiger partial charge >= 0.3 is 5.91 Å². The van der Waals surface area contributed by atoms with Crippen molar-refractivity contribution < 1.29 is 18.7 Å². The van der Waals surface area contributed by atoms with E-state index in [1.165, 1.54) is 17.0 Å². The zero-order valence-electron chi connectivity index (χ0n) is 18.8. The Balaban J connectivity index is 1.23. The third kappa shape index (κ3) is 5.20. The number of methoxy groups -OCH3 is 1. The Bertz CT molecular complexity index is 1560. The number of hydrazone groups is 1. The van der Waals surface area contributed by atoms with Gasteiger partial charge in [0.25, 0.3) is 0 Å². The minimum atomic E-state index is -0.434. The topological polar surface area (TPSA) is 73.1 Å². The first-order valence-corrected chi connectivity index (χ1v) is 11.7. The average molecular weight is 529 g/mol. The summed E-state index contributed by atoms with van der Waals surface area (Å²) in [4.78, 5) is 12.4. The maximum absolute atomic E-state index is 12.4. The summed E-state index contributed by atoms with van der Waals surface area (Å²) in [7, 11) is 1.58. The van der Waals surface area contributed by atoms with Gasteiger partial charge in [0.1, 0.15) is 12.2 Å². The molecule has 0 bridgehead atoms. The number of ether oxygens (including phenoxy) is 2. The van der Waals surface area contributed by atoms with Crippen LogP contribution in [0.1, 0.15) is 21.7 Å². The molecule has 0 aliphatic rings. The number of amides is 1. The van der Waals surface area contributed by atoms with Crippen LogP contribution < -0.4 is 14.9 Å². The molecule has 0 saturated heterocycles. The van der Waals surface area contributed by atoms with Gasteiger partial charge in [0.05, 0.1) is 13.3 Å². The van der Waals surface area contributed by atoms with Crippen LogP contribution >= 0.6 is 15.9 Å². The molecule has 0 atom stereocenters. The van der Waals surface area contributed by atoms with Crippen LogP contribution in [-0.4, -0.2) is 19.2 Å². The molecule has 35 heavy (non-hydrogen) atoms. The first-order chi connectivity index (χ1) is 17.1. The third-order valence-electron chi connectivity index (χ3n) is 5.48. The molecule has 1 amide bonds. The van der Waals surface area contributed by atoms with Gasteiger partial charge in [0.15, 0.2) is 17.3 Å². The Hall–Kier alpha value is -4.10. The lowest BCUT2D eigenvalue weighted by molar-refractivity contribution is 0.0929. The van der Waals surface area contributed by atoms with Crippen LogP contribution in [0.2, 0.25) is 0 Å². The van der Waals surface area contributed by atoms with Crippen molar-refractivity contribution in [2.45, 2.75) is 6.61 Å². The fourth-order valence-electron chi connectivity index (χ4n) is 3.72. The molecule has 0 spiro atoms. The minimum Gasteiger partial charge on any atom is -0.493 e. The Morgan fingerprint density at radius 2 is 1.80 bits per heavy atom. The molecule has 5 rings (SSSR count). The lowest BCUT2D eigenvalue weighted by Gasteiger charge is -2.12. The van der Waals surface area contributed by atoms with Crippen LogP contribution in [0.4, 0.5) is 0 Å². The summed E-state index contributed by atoms with van der Waals surface area (Å²) in [6, 6.07) is 27.1. The SMILES string of the molecule is COc1cc(/C=N/NC(=O)c2cc3cc(Br)ccc3o2)ccc1OCc1ccc2ccccc2c1. The highest BCUT2D eigenvalue weighted by Gasteiger charge is 2.12. The number of nitrogens with one attached hydrogen (secondary N) is 1. The predicted octanol–water partition coefficient (Wildman–Crippen LogP) is 6.70. The normalized spacial score (nSPS) is 11.3. The monoisotopic (exact) mass is 528 g/mol. The van der Waals surface area contributed by atoms with E-state index in [0.717, 1.165) is 21.0 Å². The van der Waals surface area contributed by atoms with Gasteiger partial charge in [-0.25, -0.2) is 5.43 Å². The molecule has 0 fully saturated rings. The molecule has 1 N–H and O–H groups in total. The summed E-state index contributed by atoms with van der Waals surface area (Å²) in [5.74, 6) is 0.945. The number of hydrogen-bond donors (Lipinski definition) is 1. The third-order valence-corrected chi connectivity index (χ3v) is 5.97. The van der Waals surface area contributed by atoms with E-state index in [0.29, 0.717) is 23.7 Å². The largest absolute Gasteiger partial charge is 0.493 e. The first kappa shape index (κ1) is 22.7. The zero-order chi connectivity index (χ0) is 24.2. The van der Waals surface area contributed by atoms with Crippen LogP contribution in [0.15, 0.2) is 98.9 Å². The number of furan rings is 1. The summed E-state index contributed by atoms with van der Waals surface area (Å²) >= 11 is 3.41. The highest BCUT2D eigenvalue weighted by Crippen LogP contribution is 2.29. The maximum Gasteiger partial charge on any atom is 0.307 e. The fraction of sp³-hybridized carbons (Fsp3) is 0.0714. The first-order valence-electron chi connectivity index (χ1n) is 10.9.